The first kappa shape index (κ1) is 10.9. The topological polar surface area (TPSA) is 92.5 Å². The fourth-order valence-corrected chi connectivity index (χ4v) is 0.828. The van der Waals surface area contributed by atoms with Crippen LogP contribution in [0.2, 0.25) is 0 Å². The summed E-state index contributed by atoms with van der Waals surface area (Å²) in [7, 11) is 0. The van der Waals surface area contributed by atoms with Gasteiger partial charge in [0.15, 0.2) is 6.10 Å². The number of carboxylic acid groups (broad SMARTS) is 1. The Morgan fingerprint density at radius 2 is 2.29 bits per heavy atom. The van der Waals surface area contributed by atoms with Crippen molar-refractivity contribution >= 4 is 21.9 Å². The Morgan fingerprint density at radius 3 is 2.79 bits per heavy atom. The van der Waals surface area contributed by atoms with Crippen molar-refractivity contribution < 1.29 is 19.7 Å². The number of hydrogen-bond donors (Lipinski definition) is 2. The molecule has 0 spiro atoms. The zero-order valence-corrected chi connectivity index (χ0v) is 8.51. The molecule has 2 N–H and O–H groups in total. The molecule has 1 rings (SSSR count). The van der Waals surface area contributed by atoms with Gasteiger partial charge in [-0.15, -0.1) is 10.2 Å². The highest BCUT2D eigenvalue weighted by Gasteiger charge is 2.13. The molecular weight excluding hydrogens is 256 g/mol. The second-order valence-electron chi connectivity index (χ2n) is 2.36. The molecule has 7 heteroatoms. The lowest BCUT2D eigenvalue weighted by Crippen LogP contribution is -2.27. The maximum atomic E-state index is 10.2. The van der Waals surface area contributed by atoms with E-state index in [0.717, 1.165) is 0 Å². The molecule has 1 heterocycles. The molecule has 1 unspecified atom stereocenters. The van der Waals surface area contributed by atoms with Gasteiger partial charge < -0.3 is 14.9 Å². The molecule has 14 heavy (non-hydrogen) atoms. The third-order valence-corrected chi connectivity index (χ3v) is 1.70. The van der Waals surface area contributed by atoms with E-state index in [-0.39, 0.29) is 12.5 Å². The Morgan fingerprint density at radius 1 is 1.57 bits per heavy atom. The molecule has 0 saturated heterocycles. The summed E-state index contributed by atoms with van der Waals surface area (Å²) in [5, 5.41) is 24.4. The molecular formula is C7H7BrN2O4. The number of ether oxygens (including phenoxy) is 1. The lowest BCUT2D eigenvalue weighted by Gasteiger charge is -2.06. The van der Waals surface area contributed by atoms with E-state index >= 15 is 0 Å². The number of nitrogens with zero attached hydrogens (tertiary/aromatic N) is 2. The highest BCUT2D eigenvalue weighted by molar-refractivity contribution is 9.10. The second-order valence-corrected chi connectivity index (χ2v) is 3.17. The van der Waals surface area contributed by atoms with Gasteiger partial charge in [0.2, 0.25) is 5.88 Å². The summed E-state index contributed by atoms with van der Waals surface area (Å²) in [6, 6.07) is 3.10. The van der Waals surface area contributed by atoms with Crippen LogP contribution in [0.5, 0.6) is 5.88 Å². The lowest BCUT2D eigenvalue weighted by atomic mass is 10.4. The van der Waals surface area contributed by atoms with Crippen molar-refractivity contribution in [1.29, 1.82) is 0 Å². The standard InChI is InChI=1S/C7H7BrN2O4/c8-5-1-2-6(10-9-5)14-3-4(11)7(12)13/h1-2,4,11H,3H2,(H,12,13). The van der Waals surface area contributed by atoms with Crippen LogP contribution in [0.25, 0.3) is 0 Å². The summed E-state index contributed by atoms with van der Waals surface area (Å²) in [5.74, 6) is -1.18. The monoisotopic (exact) mass is 262 g/mol. The summed E-state index contributed by atoms with van der Waals surface area (Å²) in [6.07, 6.45) is -1.56. The van der Waals surface area contributed by atoms with Crippen LogP contribution in [-0.4, -0.2) is 39.1 Å². The smallest absolute Gasteiger partial charge is 0.336 e. The van der Waals surface area contributed by atoms with Gasteiger partial charge in [0, 0.05) is 6.07 Å². The van der Waals surface area contributed by atoms with Crippen LogP contribution >= 0.6 is 15.9 Å². The van der Waals surface area contributed by atoms with E-state index in [1.165, 1.54) is 6.07 Å². The van der Waals surface area contributed by atoms with Crippen molar-refractivity contribution in [2.45, 2.75) is 6.10 Å². The van der Waals surface area contributed by atoms with Gasteiger partial charge >= 0.3 is 5.97 Å². The summed E-state index contributed by atoms with van der Waals surface area (Å²) in [5.41, 5.74) is 0. The lowest BCUT2D eigenvalue weighted by molar-refractivity contribution is -0.148. The van der Waals surface area contributed by atoms with Gasteiger partial charge in [0.25, 0.3) is 0 Å². The SMILES string of the molecule is O=C(O)C(O)COc1ccc(Br)nn1. The minimum atomic E-state index is -1.56. The van der Waals surface area contributed by atoms with Crippen molar-refractivity contribution in [3.05, 3.63) is 16.7 Å². The molecule has 6 nitrogen and oxygen atoms in total. The number of halogens is 1. The van der Waals surface area contributed by atoms with Gasteiger partial charge in [-0.25, -0.2) is 4.79 Å². The average molecular weight is 263 g/mol. The van der Waals surface area contributed by atoms with Gasteiger partial charge in [0.05, 0.1) is 0 Å². The number of aliphatic carboxylic acids is 1. The molecule has 76 valence electrons. The first-order chi connectivity index (χ1) is 6.59. The number of aliphatic hydroxyl groups is 1. The zero-order valence-electron chi connectivity index (χ0n) is 6.92. The maximum absolute atomic E-state index is 10.2. The molecule has 1 aromatic heterocycles. The first-order valence-electron chi connectivity index (χ1n) is 3.62. The summed E-state index contributed by atoms with van der Waals surface area (Å²) in [4.78, 5) is 10.2. The molecule has 0 bridgehead atoms. The van der Waals surface area contributed by atoms with E-state index in [1.807, 2.05) is 0 Å². The minimum absolute atomic E-state index is 0.161. The van der Waals surface area contributed by atoms with Crippen molar-refractivity contribution in [2.75, 3.05) is 6.61 Å². The summed E-state index contributed by atoms with van der Waals surface area (Å²) < 4.78 is 5.40. The fraction of sp³-hybridized carbons (Fsp3) is 0.286. The molecule has 0 aliphatic rings. The molecule has 0 amide bonds. The van der Waals surface area contributed by atoms with Gasteiger partial charge in [-0.05, 0) is 22.0 Å². The van der Waals surface area contributed by atoms with Crippen molar-refractivity contribution in [1.82, 2.24) is 10.2 Å². The van der Waals surface area contributed by atoms with E-state index in [4.69, 9.17) is 14.9 Å². The Kier molecular flexibility index (Phi) is 3.78. The highest BCUT2D eigenvalue weighted by Crippen LogP contribution is 2.08. The number of aliphatic hydroxyl groups excluding tert-OH is 1. The quantitative estimate of drug-likeness (QED) is 0.798. The van der Waals surface area contributed by atoms with Gasteiger partial charge in [-0.2, -0.15) is 0 Å². The molecule has 0 fully saturated rings. The van der Waals surface area contributed by atoms with E-state index in [0.29, 0.717) is 4.60 Å². The number of carbonyl (C=O) groups is 1. The molecule has 1 aromatic rings. The summed E-state index contributed by atoms with van der Waals surface area (Å²) in [6.45, 7) is -0.356. The minimum Gasteiger partial charge on any atom is -0.479 e. The van der Waals surface area contributed by atoms with E-state index < -0.39 is 12.1 Å². The second kappa shape index (κ2) is 4.87. The highest BCUT2D eigenvalue weighted by atomic mass is 79.9. The van der Waals surface area contributed by atoms with Crippen molar-refractivity contribution in [2.24, 2.45) is 0 Å². The third-order valence-electron chi connectivity index (χ3n) is 1.28. The molecule has 0 radical (unpaired) electrons. The van der Waals surface area contributed by atoms with Crippen LogP contribution in [0.4, 0.5) is 0 Å². The normalized spacial score (nSPS) is 12.1. The van der Waals surface area contributed by atoms with E-state index in [2.05, 4.69) is 26.1 Å². The largest absolute Gasteiger partial charge is 0.479 e. The molecule has 0 aliphatic carbocycles. The average Bonchev–Trinajstić information content (AvgIpc) is 2.16. The molecule has 1 atom stereocenters. The maximum Gasteiger partial charge on any atom is 0.336 e. The van der Waals surface area contributed by atoms with Crippen LogP contribution < -0.4 is 4.74 Å². The van der Waals surface area contributed by atoms with Crippen molar-refractivity contribution in [3.63, 3.8) is 0 Å². The molecule has 0 aliphatic heterocycles. The third kappa shape index (κ3) is 3.27. The molecule has 0 aromatic carbocycles. The van der Waals surface area contributed by atoms with Crippen LogP contribution in [0.3, 0.4) is 0 Å². The van der Waals surface area contributed by atoms with Crippen LogP contribution in [0.1, 0.15) is 0 Å². The van der Waals surface area contributed by atoms with E-state index in [9.17, 15) is 4.79 Å². The molecule has 0 saturated carbocycles. The Balaban J connectivity index is 2.46. The number of aromatic nitrogens is 2. The van der Waals surface area contributed by atoms with Gasteiger partial charge in [0.1, 0.15) is 11.2 Å². The number of carboxylic acids is 1. The Hall–Kier alpha value is -1.21. The zero-order chi connectivity index (χ0) is 10.6. The predicted octanol–water partition coefficient (Wildman–Crippen LogP) is 0.0634. The fourth-order valence-electron chi connectivity index (χ4n) is 0.616. The Bertz CT molecular complexity index is 316. The van der Waals surface area contributed by atoms with Crippen LogP contribution in [0, 0.1) is 0 Å². The Labute approximate surface area is 87.7 Å². The van der Waals surface area contributed by atoms with Gasteiger partial charge in [-0.3, -0.25) is 0 Å². The first-order valence-corrected chi connectivity index (χ1v) is 4.42. The summed E-state index contributed by atoms with van der Waals surface area (Å²) >= 11 is 3.08. The van der Waals surface area contributed by atoms with E-state index in [1.54, 1.807) is 6.07 Å². The van der Waals surface area contributed by atoms with Crippen molar-refractivity contribution in [3.8, 4) is 5.88 Å². The van der Waals surface area contributed by atoms with Gasteiger partial charge in [-0.1, -0.05) is 0 Å². The van der Waals surface area contributed by atoms with Crippen LogP contribution in [-0.2, 0) is 4.79 Å². The number of rotatable bonds is 4. The predicted molar refractivity (Wildman–Crippen MR) is 48.9 cm³/mol. The number of hydrogen-bond acceptors (Lipinski definition) is 5. The van der Waals surface area contributed by atoms with Crippen LogP contribution in [0.15, 0.2) is 16.7 Å².